The van der Waals surface area contributed by atoms with Crippen molar-refractivity contribution in [1.29, 1.82) is 0 Å². The van der Waals surface area contributed by atoms with Crippen molar-refractivity contribution in [2.45, 2.75) is 0 Å². The van der Waals surface area contributed by atoms with E-state index in [1.807, 2.05) is 95.3 Å². The Morgan fingerprint density at radius 3 is 2.45 bits per heavy atom. The molecule has 3 heterocycles. The standard InChI is InChI=1S/C25H19N5.Pt/c1-28-18-15-26-25(28)23-13-8-14-24(27-23)30(20-9-3-2-4-10-20)22-12-7-11-21(19-22)29-16-5-6-17-29;/h2-16,18H,1H3;/q-2;+2. The quantitative estimate of drug-likeness (QED) is 0.262. The minimum atomic E-state index is 0. The van der Waals surface area contributed by atoms with Crippen molar-refractivity contribution in [2.75, 3.05) is 4.90 Å². The van der Waals surface area contributed by atoms with Gasteiger partial charge in [0.1, 0.15) is 11.5 Å². The van der Waals surface area contributed by atoms with E-state index in [0.29, 0.717) is 0 Å². The van der Waals surface area contributed by atoms with Gasteiger partial charge in [-0.05, 0) is 24.3 Å². The number of para-hydroxylation sites is 1. The van der Waals surface area contributed by atoms with Gasteiger partial charge < -0.3 is 14.0 Å². The Hall–Kier alpha value is -3.43. The van der Waals surface area contributed by atoms with E-state index in [1.165, 1.54) is 0 Å². The zero-order valence-corrected chi connectivity index (χ0v) is 19.1. The van der Waals surface area contributed by atoms with E-state index in [9.17, 15) is 0 Å². The number of aryl methyl sites for hydroxylation is 1. The Kier molecular flexibility index (Phi) is 6.15. The number of pyridine rings is 1. The summed E-state index contributed by atoms with van der Waals surface area (Å²) in [6.45, 7) is 0. The molecule has 0 N–H and O–H groups in total. The van der Waals surface area contributed by atoms with Crippen LogP contribution in [0.2, 0.25) is 0 Å². The number of benzene rings is 2. The number of hydrogen-bond donors (Lipinski definition) is 0. The van der Waals surface area contributed by atoms with Crippen molar-refractivity contribution in [3.63, 3.8) is 0 Å². The van der Waals surface area contributed by atoms with Gasteiger partial charge in [-0.3, -0.25) is 0 Å². The third-order valence-electron chi connectivity index (χ3n) is 4.84. The number of imidazole rings is 1. The molecule has 0 spiro atoms. The first kappa shape index (κ1) is 20.8. The Morgan fingerprint density at radius 2 is 1.71 bits per heavy atom. The summed E-state index contributed by atoms with van der Waals surface area (Å²) in [5, 5.41) is 0. The van der Waals surface area contributed by atoms with Crippen molar-refractivity contribution in [3.8, 4) is 17.2 Å². The van der Waals surface area contributed by atoms with Crippen LogP contribution in [0.1, 0.15) is 0 Å². The maximum absolute atomic E-state index is 4.93. The third-order valence-corrected chi connectivity index (χ3v) is 4.84. The molecule has 0 amide bonds. The fourth-order valence-electron chi connectivity index (χ4n) is 3.42. The summed E-state index contributed by atoms with van der Waals surface area (Å²) in [5.41, 5.74) is 3.63. The summed E-state index contributed by atoms with van der Waals surface area (Å²) in [6.07, 6.45) is 8.84. The summed E-state index contributed by atoms with van der Waals surface area (Å²) in [7, 11) is 1.97. The SMILES string of the molecule is Cn1ccnc1-c1cccc(N(c2[c-]c(-n3[c-]ccc3)ccc2)c2ccccc2)n1.[Pt+2]. The van der Waals surface area contributed by atoms with Gasteiger partial charge in [-0.2, -0.15) is 30.0 Å². The first-order valence-electron chi connectivity index (χ1n) is 9.67. The largest absolute Gasteiger partial charge is 2.00 e. The summed E-state index contributed by atoms with van der Waals surface area (Å²) >= 11 is 0. The predicted molar refractivity (Wildman–Crippen MR) is 118 cm³/mol. The van der Waals surface area contributed by atoms with Crippen LogP contribution in [0.25, 0.3) is 17.2 Å². The normalized spacial score (nSPS) is 10.5. The maximum Gasteiger partial charge on any atom is 2.00 e. The van der Waals surface area contributed by atoms with Gasteiger partial charge in [0.15, 0.2) is 5.82 Å². The van der Waals surface area contributed by atoms with Crippen molar-refractivity contribution >= 4 is 17.2 Å². The van der Waals surface area contributed by atoms with E-state index >= 15 is 0 Å². The van der Waals surface area contributed by atoms with Crippen LogP contribution in [0.4, 0.5) is 17.2 Å². The molecule has 0 saturated heterocycles. The van der Waals surface area contributed by atoms with Gasteiger partial charge >= 0.3 is 21.1 Å². The Labute approximate surface area is 195 Å². The molecule has 0 radical (unpaired) electrons. The van der Waals surface area contributed by atoms with Crippen LogP contribution >= 0.6 is 0 Å². The number of hydrogen-bond acceptors (Lipinski definition) is 3. The molecule has 0 saturated carbocycles. The average molecular weight is 585 g/mol. The van der Waals surface area contributed by atoms with Crippen molar-refractivity contribution in [1.82, 2.24) is 19.1 Å². The molecule has 0 atom stereocenters. The molecule has 5 rings (SSSR count). The Bertz CT molecular complexity index is 1260. The minimum Gasteiger partial charge on any atom is -0.471 e. The second-order valence-corrected chi connectivity index (χ2v) is 6.84. The predicted octanol–water partition coefficient (Wildman–Crippen LogP) is 5.34. The molecule has 5 nitrogen and oxygen atoms in total. The number of aromatic nitrogens is 4. The second kappa shape index (κ2) is 9.15. The monoisotopic (exact) mass is 584 g/mol. The molecule has 154 valence electrons. The molecule has 0 bridgehead atoms. The van der Waals surface area contributed by atoms with Crippen molar-refractivity contribution < 1.29 is 21.1 Å². The Balaban J connectivity index is 0.00000231. The van der Waals surface area contributed by atoms with Gasteiger partial charge in [0.05, 0.1) is 0 Å². The van der Waals surface area contributed by atoms with Gasteiger partial charge in [-0.25, -0.2) is 9.97 Å². The van der Waals surface area contributed by atoms with E-state index < -0.39 is 0 Å². The maximum atomic E-state index is 4.93. The molecule has 5 aromatic rings. The molecule has 0 aliphatic rings. The van der Waals surface area contributed by atoms with Crippen molar-refractivity contribution in [2.24, 2.45) is 7.05 Å². The third kappa shape index (κ3) is 4.23. The summed E-state index contributed by atoms with van der Waals surface area (Å²) in [6, 6.07) is 29.6. The number of rotatable bonds is 5. The fourth-order valence-corrected chi connectivity index (χ4v) is 3.42. The van der Waals surface area contributed by atoms with E-state index in [4.69, 9.17) is 4.98 Å². The smallest absolute Gasteiger partial charge is 0.471 e. The summed E-state index contributed by atoms with van der Waals surface area (Å²) < 4.78 is 3.89. The van der Waals surface area contributed by atoms with Gasteiger partial charge in [-0.1, -0.05) is 36.1 Å². The van der Waals surface area contributed by atoms with Gasteiger partial charge in [0.25, 0.3) is 0 Å². The van der Waals surface area contributed by atoms with Crippen molar-refractivity contribution in [3.05, 3.63) is 110 Å². The van der Waals surface area contributed by atoms with E-state index in [1.54, 1.807) is 6.20 Å². The zero-order chi connectivity index (χ0) is 20.3. The molecule has 0 aliphatic heterocycles. The first-order chi connectivity index (χ1) is 14.8. The molecule has 0 unspecified atom stereocenters. The zero-order valence-electron chi connectivity index (χ0n) is 16.8. The molecule has 3 aromatic heterocycles. The van der Waals surface area contributed by atoms with Crippen LogP contribution in [0, 0.1) is 12.3 Å². The number of anilines is 3. The Morgan fingerprint density at radius 1 is 0.871 bits per heavy atom. The van der Waals surface area contributed by atoms with Gasteiger partial charge in [0.2, 0.25) is 0 Å². The van der Waals surface area contributed by atoms with E-state index in [2.05, 4.69) is 34.3 Å². The van der Waals surface area contributed by atoms with Crippen LogP contribution in [0.5, 0.6) is 0 Å². The fraction of sp³-hybridized carbons (Fsp3) is 0.0400. The summed E-state index contributed by atoms with van der Waals surface area (Å²) in [5.74, 6) is 1.62. The van der Waals surface area contributed by atoms with Gasteiger partial charge in [0, 0.05) is 25.1 Å². The molecular formula is C25H19N5Pt. The minimum absolute atomic E-state index is 0. The van der Waals surface area contributed by atoms with E-state index in [0.717, 1.165) is 34.4 Å². The average Bonchev–Trinajstić information content (AvgIpc) is 3.47. The van der Waals surface area contributed by atoms with Crippen LogP contribution in [0.15, 0.2) is 97.5 Å². The first-order valence-corrected chi connectivity index (χ1v) is 9.67. The molecule has 2 aromatic carbocycles. The topological polar surface area (TPSA) is 38.9 Å². The van der Waals surface area contributed by atoms with E-state index in [-0.39, 0.29) is 21.1 Å². The second-order valence-electron chi connectivity index (χ2n) is 6.84. The van der Waals surface area contributed by atoms with Crippen LogP contribution < -0.4 is 4.90 Å². The molecule has 0 fully saturated rings. The van der Waals surface area contributed by atoms with Crippen LogP contribution in [0.3, 0.4) is 0 Å². The van der Waals surface area contributed by atoms with Crippen LogP contribution in [-0.4, -0.2) is 19.1 Å². The van der Waals surface area contributed by atoms with Gasteiger partial charge in [-0.15, -0.1) is 18.3 Å². The molecular weight excluding hydrogens is 565 g/mol. The molecule has 6 heteroatoms. The van der Waals surface area contributed by atoms with Crippen LogP contribution in [-0.2, 0) is 28.1 Å². The number of nitrogens with zero attached hydrogens (tertiary/aromatic N) is 5. The molecule has 31 heavy (non-hydrogen) atoms. The molecule has 0 aliphatic carbocycles. The summed E-state index contributed by atoms with van der Waals surface area (Å²) in [4.78, 5) is 11.5.